The molecule has 4 aromatic rings. The van der Waals surface area contributed by atoms with Crippen LogP contribution in [0.5, 0.6) is 5.75 Å². The van der Waals surface area contributed by atoms with Gasteiger partial charge in [-0.2, -0.15) is 0 Å². The maximum absolute atomic E-state index is 12.4. The van der Waals surface area contributed by atoms with Crippen LogP contribution in [0.4, 0.5) is 10.8 Å². The van der Waals surface area contributed by atoms with Crippen LogP contribution >= 0.6 is 27.3 Å². The van der Waals surface area contributed by atoms with Crippen LogP contribution in [0, 0.1) is 0 Å². The van der Waals surface area contributed by atoms with Gasteiger partial charge in [0.05, 0.1) is 9.53 Å². The molecule has 1 atom stereocenters. The maximum atomic E-state index is 12.4. The molecule has 0 saturated heterocycles. The summed E-state index contributed by atoms with van der Waals surface area (Å²) in [6, 6.07) is 24.6. The van der Waals surface area contributed by atoms with Crippen molar-refractivity contribution in [2.24, 2.45) is 0 Å². The van der Waals surface area contributed by atoms with E-state index in [9.17, 15) is 4.79 Å². The number of hydrogen-bond donors (Lipinski definition) is 2. The summed E-state index contributed by atoms with van der Waals surface area (Å²) in [5, 5.41) is 5.54. The van der Waals surface area contributed by atoms with E-state index in [1.807, 2.05) is 24.3 Å². The van der Waals surface area contributed by atoms with E-state index in [1.54, 1.807) is 6.92 Å². The summed E-state index contributed by atoms with van der Waals surface area (Å²) >= 11 is 4.72. The van der Waals surface area contributed by atoms with Gasteiger partial charge in [0.2, 0.25) is 5.91 Å². The number of nitrogens with one attached hydrogen (secondary N) is 1. The third kappa shape index (κ3) is 4.62. The molecule has 1 heterocycles. The molecule has 1 amide bonds. The van der Waals surface area contributed by atoms with Crippen LogP contribution in [0.15, 0.2) is 72.8 Å². The third-order valence-electron chi connectivity index (χ3n) is 5.79. The van der Waals surface area contributed by atoms with Crippen LogP contribution < -0.4 is 25.8 Å². The summed E-state index contributed by atoms with van der Waals surface area (Å²) in [7, 11) is -2.88. The molecule has 34 heavy (non-hydrogen) atoms. The highest BCUT2D eigenvalue weighted by Gasteiger charge is 2.52. The highest BCUT2D eigenvalue weighted by atomic mass is 79.9. The monoisotopic (exact) mass is 553 g/mol. The van der Waals surface area contributed by atoms with Crippen LogP contribution in [0.2, 0.25) is 5.04 Å². The number of hydrogen-bond acceptors (Lipinski definition) is 5. The summed E-state index contributed by atoms with van der Waals surface area (Å²) in [5.74, 6) is 0.491. The average molecular weight is 555 g/mol. The van der Waals surface area contributed by atoms with Crippen LogP contribution in [0.3, 0.4) is 0 Å². The smallest absolute Gasteiger partial charge is 0.320 e. The molecule has 8 heteroatoms. The van der Waals surface area contributed by atoms with E-state index in [-0.39, 0.29) is 15.8 Å². The molecule has 176 valence electrons. The first-order valence-electron chi connectivity index (χ1n) is 11.1. The number of rotatable bonds is 6. The molecule has 0 radical (unpaired) electrons. The summed E-state index contributed by atoms with van der Waals surface area (Å²) in [4.78, 5) is 16.7. The zero-order valence-electron chi connectivity index (χ0n) is 19.6. The molecule has 5 nitrogen and oxygen atoms in total. The highest BCUT2D eigenvalue weighted by Crippen LogP contribution is 2.41. The molecule has 0 saturated carbocycles. The van der Waals surface area contributed by atoms with E-state index < -0.39 is 8.32 Å². The number of carbonyl (C=O) groups excluding carboxylic acids is 1. The van der Waals surface area contributed by atoms with Gasteiger partial charge in [-0.1, -0.05) is 109 Å². The number of fused-ring (bicyclic) bond motifs is 1. The van der Waals surface area contributed by atoms with Crippen molar-refractivity contribution in [3.8, 4) is 5.75 Å². The first-order chi connectivity index (χ1) is 16.1. The van der Waals surface area contributed by atoms with Crippen molar-refractivity contribution < 1.29 is 9.22 Å². The van der Waals surface area contributed by atoms with Gasteiger partial charge >= 0.3 is 8.32 Å². The first-order valence-corrected chi connectivity index (χ1v) is 14.7. The average Bonchev–Trinajstić information content (AvgIpc) is 3.18. The number of benzene rings is 3. The SMILES string of the molecule is CC(Br)C(=O)Nc1cc(O[Si](c2ccccc2)(c2ccccc2)C(C)(C)C)c2nc(N)sc2c1. The number of alkyl halides is 1. The quantitative estimate of drug-likeness (QED) is 0.243. The Hall–Kier alpha value is -2.68. The second kappa shape index (κ2) is 9.52. The molecule has 3 N–H and O–H groups in total. The lowest BCUT2D eigenvalue weighted by Crippen LogP contribution is -2.68. The lowest BCUT2D eigenvalue weighted by Gasteiger charge is -2.43. The third-order valence-corrected chi connectivity index (χ3v) is 12.0. The fraction of sp³-hybridized carbons (Fsp3) is 0.231. The van der Waals surface area contributed by atoms with Crippen molar-refractivity contribution in [3.05, 3.63) is 72.8 Å². The predicted octanol–water partition coefficient (Wildman–Crippen LogP) is 5.54. The van der Waals surface area contributed by atoms with Crippen molar-refractivity contribution in [1.82, 2.24) is 4.98 Å². The molecule has 0 fully saturated rings. The Morgan fingerprint density at radius 3 is 2.12 bits per heavy atom. The van der Waals surface area contributed by atoms with Gasteiger partial charge in [0.15, 0.2) is 5.13 Å². The minimum Gasteiger partial charge on any atom is -0.532 e. The van der Waals surface area contributed by atoms with E-state index >= 15 is 0 Å². The number of halogens is 1. The van der Waals surface area contributed by atoms with Crippen LogP contribution in [0.1, 0.15) is 27.7 Å². The van der Waals surface area contributed by atoms with E-state index in [1.165, 1.54) is 11.3 Å². The number of anilines is 2. The van der Waals surface area contributed by atoms with Gasteiger partial charge in [0.1, 0.15) is 11.3 Å². The largest absolute Gasteiger partial charge is 0.532 e. The van der Waals surface area contributed by atoms with Crippen molar-refractivity contribution in [3.63, 3.8) is 0 Å². The van der Waals surface area contributed by atoms with E-state index in [4.69, 9.17) is 10.2 Å². The number of nitrogen functional groups attached to an aromatic ring is 1. The molecule has 0 aliphatic heterocycles. The van der Waals surface area contributed by atoms with Gasteiger partial charge in [-0.05, 0) is 28.4 Å². The van der Waals surface area contributed by atoms with Gasteiger partial charge in [-0.25, -0.2) is 4.98 Å². The molecular weight excluding hydrogens is 526 g/mol. The Bertz CT molecular complexity index is 1260. The molecule has 1 aromatic heterocycles. The summed E-state index contributed by atoms with van der Waals surface area (Å²) in [5.41, 5.74) is 7.46. The Kier molecular flexibility index (Phi) is 6.84. The molecule has 3 aromatic carbocycles. The van der Waals surface area contributed by atoms with Gasteiger partial charge in [0.25, 0.3) is 0 Å². The number of carbonyl (C=O) groups is 1. The van der Waals surface area contributed by atoms with Crippen LogP contribution in [0.25, 0.3) is 10.2 Å². The Balaban J connectivity index is 1.96. The minimum atomic E-state index is -2.88. The normalized spacial score (nSPS) is 13.0. The number of thiazole rings is 1. The lowest BCUT2D eigenvalue weighted by molar-refractivity contribution is -0.115. The lowest BCUT2D eigenvalue weighted by atomic mass is 10.2. The minimum absolute atomic E-state index is 0.131. The van der Waals surface area contributed by atoms with Crippen molar-refractivity contribution in [1.29, 1.82) is 0 Å². The summed E-state index contributed by atoms with van der Waals surface area (Å²) in [6.45, 7) is 8.47. The number of amides is 1. The van der Waals surface area contributed by atoms with Gasteiger partial charge in [0, 0.05) is 11.8 Å². The van der Waals surface area contributed by atoms with Gasteiger partial charge in [-0.3, -0.25) is 4.79 Å². The Morgan fingerprint density at radius 1 is 1.06 bits per heavy atom. The van der Waals surface area contributed by atoms with E-state index in [0.29, 0.717) is 22.1 Å². The fourth-order valence-corrected chi connectivity index (χ4v) is 9.54. The van der Waals surface area contributed by atoms with Crippen molar-refractivity contribution in [2.75, 3.05) is 11.1 Å². The molecular formula is C26H28BrN3O2SSi. The number of aromatic nitrogens is 1. The van der Waals surface area contributed by atoms with E-state index in [0.717, 1.165) is 15.1 Å². The summed E-state index contributed by atoms with van der Waals surface area (Å²) < 4.78 is 8.08. The summed E-state index contributed by atoms with van der Waals surface area (Å²) in [6.07, 6.45) is 0. The van der Waals surface area contributed by atoms with Gasteiger partial charge < -0.3 is 15.5 Å². The highest BCUT2D eigenvalue weighted by molar-refractivity contribution is 9.10. The van der Waals surface area contributed by atoms with Crippen LogP contribution in [-0.4, -0.2) is 24.0 Å². The molecule has 0 aliphatic carbocycles. The molecule has 4 rings (SSSR count). The predicted molar refractivity (Wildman–Crippen MR) is 149 cm³/mol. The topological polar surface area (TPSA) is 77.2 Å². The zero-order chi connectivity index (χ0) is 24.5. The molecule has 0 spiro atoms. The first kappa shape index (κ1) is 24.4. The van der Waals surface area contributed by atoms with E-state index in [2.05, 4.69) is 95.5 Å². The Labute approximate surface area is 213 Å². The van der Waals surface area contributed by atoms with Crippen molar-refractivity contribution in [2.45, 2.75) is 37.6 Å². The second-order valence-corrected chi connectivity index (χ2v) is 15.9. The molecule has 1 unspecified atom stereocenters. The van der Waals surface area contributed by atoms with Crippen LogP contribution in [-0.2, 0) is 4.79 Å². The molecule has 0 bridgehead atoms. The number of nitrogens with two attached hydrogens (primary N) is 1. The second-order valence-electron chi connectivity index (χ2n) is 9.24. The zero-order valence-corrected chi connectivity index (χ0v) is 23.0. The maximum Gasteiger partial charge on any atom is 0.320 e. The Morgan fingerprint density at radius 2 is 1.62 bits per heavy atom. The fourth-order valence-electron chi connectivity index (χ4n) is 4.22. The van der Waals surface area contributed by atoms with Gasteiger partial charge in [-0.15, -0.1) is 0 Å². The molecule has 0 aliphatic rings. The number of nitrogens with zero attached hydrogens (tertiary/aromatic N) is 1. The standard InChI is InChI=1S/C26H28BrN3O2SSi/c1-17(27)24(31)29-18-15-21(23-22(16-18)33-25(28)30-23)32-34(26(2,3)4,19-11-7-5-8-12-19)20-13-9-6-10-14-20/h5-17H,1-4H3,(H2,28,30)(H,29,31). The van der Waals surface area contributed by atoms with Crippen molar-refractivity contribution >= 4 is 72.9 Å².